The van der Waals surface area contributed by atoms with Crippen molar-refractivity contribution in [2.24, 2.45) is 0 Å². The van der Waals surface area contributed by atoms with Gasteiger partial charge in [0.1, 0.15) is 0 Å². The second kappa shape index (κ2) is 8.12. The van der Waals surface area contributed by atoms with Crippen LogP contribution in [-0.2, 0) is 6.54 Å². The Morgan fingerprint density at radius 1 is 1.05 bits per heavy atom. The first kappa shape index (κ1) is 15.9. The molecule has 0 aliphatic carbocycles. The lowest BCUT2D eigenvalue weighted by molar-refractivity contribution is 0.325. The molecule has 0 radical (unpaired) electrons. The Morgan fingerprint density at radius 3 is 2.38 bits per heavy atom. The molecule has 1 heterocycles. The Balaban J connectivity index is 1.69. The Hall–Kier alpha value is -1.43. The molecule has 0 unspecified atom stereocenters. The summed E-state index contributed by atoms with van der Waals surface area (Å²) in [7, 11) is 2.10. The van der Waals surface area contributed by atoms with Crippen LogP contribution in [0.4, 0.5) is 5.95 Å². The average Bonchev–Trinajstić information content (AvgIpc) is 2.44. The fraction of sp³-hybridized carbons (Fsp3) is 0.357. The molecule has 1 N–H and O–H groups in total. The molecule has 0 aliphatic rings. The van der Waals surface area contributed by atoms with Crippen LogP contribution in [0.15, 0.2) is 30.3 Å². The summed E-state index contributed by atoms with van der Waals surface area (Å²) in [6.45, 7) is 2.65. The zero-order valence-corrected chi connectivity index (χ0v) is 13.3. The zero-order chi connectivity index (χ0) is 15.1. The number of benzene rings is 1. The first-order valence-corrected chi connectivity index (χ1v) is 7.42. The quantitative estimate of drug-likeness (QED) is 0.793. The van der Waals surface area contributed by atoms with Gasteiger partial charge in [-0.05, 0) is 48.8 Å². The maximum Gasteiger partial charge on any atom is 0.228 e. The lowest BCUT2D eigenvalue weighted by Crippen LogP contribution is -2.21. The van der Waals surface area contributed by atoms with E-state index in [1.165, 1.54) is 5.56 Å². The van der Waals surface area contributed by atoms with Crippen LogP contribution in [0.5, 0.6) is 0 Å². The van der Waals surface area contributed by atoms with Gasteiger partial charge < -0.3 is 10.2 Å². The van der Waals surface area contributed by atoms with Gasteiger partial charge in [-0.15, -0.1) is 0 Å². The summed E-state index contributed by atoms with van der Waals surface area (Å²) in [5.41, 5.74) is 1.31. The standard InChI is InChI=1S/C14H17Cl2N5/c1-21(10-11-6-3-2-4-7-11)9-5-8-17-14-19-12(15)18-13(16)20-14/h2-4,6-7H,5,8-10H2,1H3,(H,17,18,19,20). The molecular formula is C14H17Cl2N5. The van der Waals surface area contributed by atoms with Crippen molar-refractivity contribution >= 4 is 29.2 Å². The third-order valence-corrected chi connectivity index (χ3v) is 3.21. The molecule has 21 heavy (non-hydrogen) atoms. The van der Waals surface area contributed by atoms with Crippen LogP contribution in [0.3, 0.4) is 0 Å². The van der Waals surface area contributed by atoms with Crippen LogP contribution in [0.2, 0.25) is 10.6 Å². The molecule has 1 aromatic heterocycles. The zero-order valence-electron chi connectivity index (χ0n) is 11.8. The van der Waals surface area contributed by atoms with E-state index in [4.69, 9.17) is 23.2 Å². The molecule has 5 nitrogen and oxygen atoms in total. The Kier molecular flexibility index (Phi) is 6.17. The van der Waals surface area contributed by atoms with E-state index in [0.29, 0.717) is 5.95 Å². The number of rotatable bonds is 7. The maximum atomic E-state index is 5.71. The molecule has 2 rings (SSSR count). The number of hydrogen-bond donors (Lipinski definition) is 1. The second-order valence-corrected chi connectivity index (χ2v) is 5.38. The van der Waals surface area contributed by atoms with Crippen LogP contribution >= 0.6 is 23.2 Å². The van der Waals surface area contributed by atoms with Crippen molar-refractivity contribution in [3.8, 4) is 0 Å². The number of halogens is 2. The van der Waals surface area contributed by atoms with Crippen LogP contribution < -0.4 is 5.32 Å². The van der Waals surface area contributed by atoms with Crippen LogP contribution in [-0.4, -0.2) is 40.0 Å². The van der Waals surface area contributed by atoms with E-state index >= 15 is 0 Å². The highest BCUT2D eigenvalue weighted by Gasteiger charge is 2.03. The van der Waals surface area contributed by atoms with Gasteiger partial charge in [-0.3, -0.25) is 0 Å². The summed E-state index contributed by atoms with van der Waals surface area (Å²) < 4.78 is 0. The normalized spacial score (nSPS) is 10.9. The maximum absolute atomic E-state index is 5.71. The number of anilines is 1. The van der Waals surface area contributed by atoms with E-state index in [9.17, 15) is 0 Å². The van der Waals surface area contributed by atoms with Gasteiger partial charge >= 0.3 is 0 Å². The molecular weight excluding hydrogens is 309 g/mol. The molecule has 0 amide bonds. The molecule has 7 heteroatoms. The molecule has 0 bridgehead atoms. The Bertz CT molecular complexity index is 544. The van der Waals surface area contributed by atoms with Crippen molar-refractivity contribution < 1.29 is 0 Å². The number of nitrogens with one attached hydrogen (secondary N) is 1. The number of nitrogens with zero attached hydrogens (tertiary/aromatic N) is 4. The first-order chi connectivity index (χ1) is 10.1. The van der Waals surface area contributed by atoms with Crippen molar-refractivity contribution in [1.82, 2.24) is 19.9 Å². The third-order valence-electron chi connectivity index (χ3n) is 2.88. The van der Waals surface area contributed by atoms with Crippen LogP contribution in [0.1, 0.15) is 12.0 Å². The van der Waals surface area contributed by atoms with Gasteiger partial charge in [0.2, 0.25) is 16.5 Å². The summed E-state index contributed by atoms with van der Waals surface area (Å²) >= 11 is 11.4. The van der Waals surface area contributed by atoms with E-state index in [1.807, 2.05) is 6.07 Å². The average molecular weight is 326 g/mol. The predicted octanol–water partition coefficient (Wildman–Crippen LogP) is 3.11. The molecule has 1 aromatic carbocycles. The lowest BCUT2D eigenvalue weighted by Gasteiger charge is -2.16. The molecule has 0 spiro atoms. The van der Waals surface area contributed by atoms with Crippen molar-refractivity contribution in [1.29, 1.82) is 0 Å². The minimum atomic E-state index is 0.0960. The summed E-state index contributed by atoms with van der Waals surface area (Å²) in [4.78, 5) is 13.9. The number of hydrogen-bond acceptors (Lipinski definition) is 5. The van der Waals surface area contributed by atoms with E-state index in [0.717, 1.165) is 26.1 Å². The summed E-state index contributed by atoms with van der Waals surface area (Å²) in [6.07, 6.45) is 0.963. The van der Waals surface area contributed by atoms with Crippen LogP contribution in [0, 0.1) is 0 Å². The van der Waals surface area contributed by atoms with Crippen LogP contribution in [0.25, 0.3) is 0 Å². The van der Waals surface area contributed by atoms with Gasteiger partial charge in [-0.25, -0.2) is 0 Å². The van der Waals surface area contributed by atoms with Gasteiger partial charge in [0.05, 0.1) is 0 Å². The van der Waals surface area contributed by atoms with E-state index in [2.05, 4.69) is 56.5 Å². The van der Waals surface area contributed by atoms with E-state index < -0.39 is 0 Å². The number of aromatic nitrogens is 3. The fourth-order valence-electron chi connectivity index (χ4n) is 1.93. The van der Waals surface area contributed by atoms with Gasteiger partial charge in [0, 0.05) is 13.1 Å². The molecule has 112 valence electrons. The lowest BCUT2D eigenvalue weighted by atomic mass is 10.2. The molecule has 0 saturated carbocycles. The molecule has 0 saturated heterocycles. The third kappa shape index (κ3) is 5.83. The summed E-state index contributed by atoms with van der Waals surface area (Å²) in [6, 6.07) is 10.4. The monoisotopic (exact) mass is 325 g/mol. The Morgan fingerprint density at radius 2 is 1.71 bits per heavy atom. The molecule has 0 fully saturated rings. The second-order valence-electron chi connectivity index (χ2n) is 4.70. The highest BCUT2D eigenvalue weighted by Crippen LogP contribution is 2.09. The highest BCUT2D eigenvalue weighted by atomic mass is 35.5. The van der Waals surface area contributed by atoms with Crippen molar-refractivity contribution in [3.05, 3.63) is 46.5 Å². The highest BCUT2D eigenvalue weighted by molar-refractivity contribution is 6.31. The van der Waals surface area contributed by atoms with Gasteiger partial charge in [-0.1, -0.05) is 30.3 Å². The van der Waals surface area contributed by atoms with Gasteiger partial charge in [-0.2, -0.15) is 15.0 Å². The largest absolute Gasteiger partial charge is 0.354 e. The molecule has 2 aromatic rings. The van der Waals surface area contributed by atoms with Crippen molar-refractivity contribution in [2.45, 2.75) is 13.0 Å². The van der Waals surface area contributed by atoms with Gasteiger partial charge in [0.25, 0.3) is 0 Å². The minimum Gasteiger partial charge on any atom is -0.354 e. The molecule has 0 aliphatic heterocycles. The SMILES string of the molecule is CN(CCCNc1nc(Cl)nc(Cl)n1)Cc1ccccc1. The predicted molar refractivity (Wildman–Crippen MR) is 85.7 cm³/mol. The fourth-order valence-corrected chi connectivity index (χ4v) is 2.29. The summed E-state index contributed by atoms with van der Waals surface area (Å²) in [5.74, 6) is 0.408. The Labute approximate surface area is 134 Å². The first-order valence-electron chi connectivity index (χ1n) is 6.67. The smallest absolute Gasteiger partial charge is 0.228 e. The van der Waals surface area contributed by atoms with Crippen molar-refractivity contribution in [2.75, 3.05) is 25.5 Å². The van der Waals surface area contributed by atoms with E-state index in [-0.39, 0.29) is 10.6 Å². The van der Waals surface area contributed by atoms with Gasteiger partial charge in [0.15, 0.2) is 0 Å². The van der Waals surface area contributed by atoms with E-state index in [1.54, 1.807) is 0 Å². The van der Waals surface area contributed by atoms with Crippen molar-refractivity contribution in [3.63, 3.8) is 0 Å². The summed E-state index contributed by atoms with van der Waals surface area (Å²) in [5, 5.41) is 3.28. The topological polar surface area (TPSA) is 53.9 Å². The minimum absolute atomic E-state index is 0.0960. The molecule has 0 atom stereocenters.